The van der Waals surface area contributed by atoms with Gasteiger partial charge >= 0.3 is 0 Å². The Kier molecular flexibility index (Phi) is 8.01. The van der Waals surface area contributed by atoms with Crippen LogP contribution in [0.1, 0.15) is 52.9 Å². The monoisotopic (exact) mass is 371 g/mol. The van der Waals surface area contributed by atoms with Crippen LogP contribution in [0.2, 0.25) is 0 Å². The second kappa shape index (κ2) is 9.77. The predicted octanol–water partition coefficient (Wildman–Crippen LogP) is 2.48. The Balaban J connectivity index is 1.69. The van der Waals surface area contributed by atoms with E-state index in [1.165, 1.54) is 0 Å². The Hall–Kier alpha value is -0.810. The average Bonchev–Trinajstić information content (AvgIpc) is 2.61. The van der Waals surface area contributed by atoms with Gasteiger partial charge in [0, 0.05) is 31.6 Å². The minimum absolute atomic E-state index is 0.0527. The van der Waals surface area contributed by atoms with Gasteiger partial charge in [-0.05, 0) is 58.0 Å². The standard InChI is InChI=1S/C19H34ClN3O2/c1-14(2)4-9-21-18(24)16-5-10-22(11-6-16)17-7-12-23(13-8-17)19(25)15(3)20/h14-17H,4-13H2,1-3H3,(H,21,24). The van der Waals surface area contributed by atoms with Crippen molar-refractivity contribution in [1.29, 1.82) is 0 Å². The van der Waals surface area contributed by atoms with Gasteiger partial charge < -0.3 is 15.1 Å². The van der Waals surface area contributed by atoms with E-state index in [2.05, 4.69) is 24.1 Å². The lowest BCUT2D eigenvalue weighted by Gasteiger charge is -2.41. The molecule has 0 spiro atoms. The van der Waals surface area contributed by atoms with Gasteiger partial charge in [0.1, 0.15) is 5.38 Å². The van der Waals surface area contributed by atoms with Crippen LogP contribution in [0.25, 0.3) is 0 Å². The van der Waals surface area contributed by atoms with Crippen LogP contribution in [0.3, 0.4) is 0 Å². The number of rotatable bonds is 6. The van der Waals surface area contributed by atoms with E-state index in [9.17, 15) is 9.59 Å². The number of halogens is 1. The number of amides is 2. The van der Waals surface area contributed by atoms with Gasteiger partial charge in [-0.25, -0.2) is 0 Å². The van der Waals surface area contributed by atoms with Gasteiger partial charge in [-0.15, -0.1) is 11.6 Å². The van der Waals surface area contributed by atoms with Crippen molar-refractivity contribution < 1.29 is 9.59 Å². The van der Waals surface area contributed by atoms with Crippen molar-refractivity contribution in [3.05, 3.63) is 0 Å². The molecule has 2 rings (SSSR count). The van der Waals surface area contributed by atoms with Crippen LogP contribution in [0.5, 0.6) is 0 Å². The fraction of sp³-hybridized carbons (Fsp3) is 0.895. The number of nitrogens with one attached hydrogen (secondary N) is 1. The minimum Gasteiger partial charge on any atom is -0.356 e. The number of carbonyl (C=O) groups is 2. The summed E-state index contributed by atoms with van der Waals surface area (Å²) in [6.07, 6.45) is 4.97. The third-order valence-corrected chi connectivity index (χ3v) is 5.74. The highest BCUT2D eigenvalue weighted by Crippen LogP contribution is 2.24. The summed E-state index contributed by atoms with van der Waals surface area (Å²) in [5, 5.41) is 2.66. The lowest BCUT2D eigenvalue weighted by atomic mass is 9.92. The highest BCUT2D eigenvalue weighted by Gasteiger charge is 2.32. The zero-order valence-electron chi connectivity index (χ0n) is 16.0. The molecule has 6 heteroatoms. The van der Waals surface area contributed by atoms with Crippen molar-refractivity contribution in [3.8, 4) is 0 Å². The maximum Gasteiger partial charge on any atom is 0.240 e. The summed E-state index contributed by atoms with van der Waals surface area (Å²) in [4.78, 5) is 28.6. The normalized spacial score (nSPS) is 22.2. The van der Waals surface area contributed by atoms with E-state index < -0.39 is 5.38 Å². The van der Waals surface area contributed by atoms with Gasteiger partial charge in [0.05, 0.1) is 0 Å². The van der Waals surface area contributed by atoms with Gasteiger partial charge in [-0.1, -0.05) is 13.8 Å². The lowest BCUT2D eigenvalue weighted by molar-refractivity contribution is -0.132. The predicted molar refractivity (Wildman–Crippen MR) is 102 cm³/mol. The van der Waals surface area contributed by atoms with Gasteiger partial charge in [0.2, 0.25) is 11.8 Å². The van der Waals surface area contributed by atoms with E-state index in [1.54, 1.807) is 6.92 Å². The fourth-order valence-corrected chi connectivity index (χ4v) is 4.00. The molecule has 0 aromatic carbocycles. The molecule has 0 saturated carbocycles. The summed E-state index contributed by atoms with van der Waals surface area (Å²) >= 11 is 5.91. The van der Waals surface area contributed by atoms with Gasteiger partial charge in [-0.2, -0.15) is 0 Å². The van der Waals surface area contributed by atoms with E-state index in [1.807, 2.05) is 4.90 Å². The molecule has 2 amide bonds. The Morgan fingerprint density at radius 1 is 1.04 bits per heavy atom. The number of piperidine rings is 2. The molecule has 2 fully saturated rings. The molecule has 2 saturated heterocycles. The maximum absolute atomic E-state index is 12.3. The van der Waals surface area contributed by atoms with Crippen LogP contribution in [0, 0.1) is 11.8 Å². The molecule has 1 N–H and O–H groups in total. The van der Waals surface area contributed by atoms with Crippen molar-refractivity contribution >= 4 is 23.4 Å². The second-order valence-corrected chi connectivity index (χ2v) is 8.61. The summed E-state index contributed by atoms with van der Waals surface area (Å²) in [5.41, 5.74) is 0. The molecule has 0 bridgehead atoms. The van der Waals surface area contributed by atoms with Crippen LogP contribution in [0.15, 0.2) is 0 Å². The zero-order valence-corrected chi connectivity index (χ0v) is 16.7. The molecule has 0 aliphatic carbocycles. The van der Waals surface area contributed by atoms with Crippen molar-refractivity contribution in [3.63, 3.8) is 0 Å². The number of hydrogen-bond acceptors (Lipinski definition) is 3. The number of hydrogen-bond donors (Lipinski definition) is 1. The molecule has 0 aromatic rings. The molecular weight excluding hydrogens is 338 g/mol. The highest BCUT2D eigenvalue weighted by molar-refractivity contribution is 6.30. The number of likely N-dealkylation sites (tertiary alicyclic amines) is 2. The number of nitrogens with zero attached hydrogens (tertiary/aromatic N) is 2. The first kappa shape index (κ1) is 20.5. The maximum atomic E-state index is 12.3. The van der Waals surface area contributed by atoms with E-state index in [4.69, 9.17) is 11.6 Å². The SMILES string of the molecule is CC(C)CCNC(=O)C1CCN(C2CCN(C(=O)C(C)Cl)CC2)CC1. The topological polar surface area (TPSA) is 52.7 Å². The van der Waals surface area contributed by atoms with Gasteiger partial charge in [0.25, 0.3) is 0 Å². The Bertz CT molecular complexity index is 440. The van der Waals surface area contributed by atoms with Crippen LogP contribution in [-0.2, 0) is 9.59 Å². The quantitative estimate of drug-likeness (QED) is 0.730. The molecule has 25 heavy (non-hydrogen) atoms. The van der Waals surface area contributed by atoms with Crippen LogP contribution >= 0.6 is 11.6 Å². The first-order chi connectivity index (χ1) is 11.9. The van der Waals surface area contributed by atoms with Crippen molar-refractivity contribution in [2.75, 3.05) is 32.7 Å². The third-order valence-electron chi connectivity index (χ3n) is 5.55. The molecule has 2 aliphatic rings. The first-order valence-corrected chi connectivity index (χ1v) is 10.3. The summed E-state index contributed by atoms with van der Waals surface area (Å²) in [5.74, 6) is 1.08. The second-order valence-electron chi connectivity index (χ2n) is 7.96. The Morgan fingerprint density at radius 2 is 1.64 bits per heavy atom. The molecule has 2 heterocycles. The summed E-state index contributed by atoms with van der Waals surface area (Å²) in [7, 11) is 0. The first-order valence-electron chi connectivity index (χ1n) is 9.83. The largest absolute Gasteiger partial charge is 0.356 e. The van der Waals surface area contributed by atoms with Crippen molar-refractivity contribution in [2.24, 2.45) is 11.8 Å². The Morgan fingerprint density at radius 3 is 2.16 bits per heavy atom. The van der Waals surface area contributed by atoms with Crippen LogP contribution in [-0.4, -0.2) is 65.8 Å². The summed E-state index contributed by atoms with van der Waals surface area (Å²) < 4.78 is 0. The molecule has 5 nitrogen and oxygen atoms in total. The van der Waals surface area contributed by atoms with E-state index in [0.717, 1.165) is 64.8 Å². The van der Waals surface area contributed by atoms with E-state index >= 15 is 0 Å². The third kappa shape index (κ3) is 6.14. The number of carbonyl (C=O) groups excluding carboxylic acids is 2. The average molecular weight is 372 g/mol. The molecule has 0 radical (unpaired) electrons. The molecule has 1 atom stereocenters. The minimum atomic E-state index is -0.429. The van der Waals surface area contributed by atoms with E-state index in [-0.39, 0.29) is 17.7 Å². The number of alkyl halides is 1. The molecule has 0 aromatic heterocycles. The summed E-state index contributed by atoms with van der Waals surface area (Å²) in [6.45, 7) is 10.5. The Labute approximate surface area is 157 Å². The fourth-order valence-electron chi connectivity index (χ4n) is 3.86. The van der Waals surface area contributed by atoms with E-state index in [0.29, 0.717) is 12.0 Å². The lowest BCUT2D eigenvalue weighted by Crippen LogP contribution is -2.51. The highest BCUT2D eigenvalue weighted by atomic mass is 35.5. The molecule has 1 unspecified atom stereocenters. The van der Waals surface area contributed by atoms with Crippen LogP contribution < -0.4 is 5.32 Å². The van der Waals surface area contributed by atoms with Crippen molar-refractivity contribution in [2.45, 2.75) is 64.3 Å². The molecular formula is C19H34ClN3O2. The molecule has 144 valence electrons. The van der Waals surface area contributed by atoms with Crippen molar-refractivity contribution in [1.82, 2.24) is 15.1 Å². The zero-order chi connectivity index (χ0) is 18.4. The smallest absolute Gasteiger partial charge is 0.240 e. The van der Waals surface area contributed by atoms with Gasteiger partial charge in [-0.3, -0.25) is 9.59 Å². The van der Waals surface area contributed by atoms with Crippen LogP contribution in [0.4, 0.5) is 0 Å². The van der Waals surface area contributed by atoms with Gasteiger partial charge in [0.15, 0.2) is 0 Å². The summed E-state index contributed by atoms with van der Waals surface area (Å²) in [6, 6.07) is 0.541. The molecule has 2 aliphatic heterocycles.